The Hall–Kier alpha value is -0.780. The number of unbranched alkanes of at least 4 members (excludes halogenated alkanes) is 3. The van der Waals surface area contributed by atoms with Crippen LogP contribution in [0.15, 0.2) is 18.2 Å². The van der Waals surface area contributed by atoms with Crippen molar-refractivity contribution in [2.75, 3.05) is 0 Å². The van der Waals surface area contributed by atoms with Gasteiger partial charge in [0.05, 0.1) is 0 Å². The molecule has 0 N–H and O–H groups in total. The van der Waals surface area contributed by atoms with Gasteiger partial charge in [0.25, 0.3) is 0 Å². The first kappa shape index (κ1) is 12.7. The Kier molecular flexibility index (Phi) is 3.91. The molecule has 0 bridgehead atoms. The highest BCUT2D eigenvalue weighted by molar-refractivity contribution is 5.41. The minimum absolute atomic E-state index is 0.411. The summed E-state index contributed by atoms with van der Waals surface area (Å²) in [6, 6.07) is 7.21. The van der Waals surface area contributed by atoms with E-state index in [2.05, 4.69) is 39.0 Å². The van der Waals surface area contributed by atoms with Crippen molar-refractivity contribution in [2.24, 2.45) is 0 Å². The third-order valence-corrected chi connectivity index (χ3v) is 4.24. The van der Waals surface area contributed by atoms with Crippen LogP contribution in [-0.4, -0.2) is 0 Å². The lowest BCUT2D eigenvalue weighted by molar-refractivity contribution is 0.522. The van der Waals surface area contributed by atoms with E-state index in [1.54, 1.807) is 16.7 Å². The first-order valence-corrected chi connectivity index (χ1v) is 7.26. The van der Waals surface area contributed by atoms with Crippen LogP contribution in [0.3, 0.4) is 0 Å². The van der Waals surface area contributed by atoms with Crippen LogP contribution in [0.4, 0.5) is 0 Å². The van der Waals surface area contributed by atoms with Gasteiger partial charge >= 0.3 is 0 Å². The van der Waals surface area contributed by atoms with E-state index in [1.807, 2.05) is 0 Å². The predicted molar refractivity (Wildman–Crippen MR) is 75.6 cm³/mol. The predicted octanol–water partition coefficient (Wildman–Crippen LogP) is 5.03. The van der Waals surface area contributed by atoms with Gasteiger partial charge in [-0.25, -0.2) is 0 Å². The van der Waals surface area contributed by atoms with Gasteiger partial charge in [-0.1, -0.05) is 58.2 Å². The molecule has 1 aliphatic rings. The van der Waals surface area contributed by atoms with Gasteiger partial charge in [-0.15, -0.1) is 0 Å². The summed E-state index contributed by atoms with van der Waals surface area (Å²) in [5.74, 6) is 0. The average Bonchev–Trinajstić information content (AvgIpc) is 2.61. The molecular formula is C17H26. The Bertz CT molecular complexity index is 374. The van der Waals surface area contributed by atoms with Gasteiger partial charge < -0.3 is 0 Å². The first-order chi connectivity index (χ1) is 8.13. The fourth-order valence-electron chi connectivity index (χ4n) is 2.96. The fraction of sp³-hybridized carbons (Fsp3) is 0.647. The first-order valence-electron chi connectivity index (χ1n) is 7.26. The zero-order chi connectivity index (χ0) is 12.3. The number of benzene rings is 1. The van der Waals surface area contributed by atoms with Crippen molar-refractivity contribution in [3.05, 3.63) is 34.9 Å². The van der Waals surface area contributed by atoms with Gasteiger partial charge in [0.1, 0.15) is 0 Å². The van der Waals surface area contributed by atoms with E-state index in [-0.39, 0.29) is 0 Å². The average molecular weight is 230 g/mol. The molecule has 0 aliphatic heterocycles. The molecule has 0 heterocycles. The van der Waals surface area contributed by atoms with Crippen LogP contribution in [0.5, 0.6) is 0 Å². The van der Waals surface area contributed by atoms with Crippen LogP contribution in [0, 0.1) is 0 Å². The molecule has 1 aromatic carbocycles. The van der Waals surface area contributed by atoms with Gasteiger partial charge in [0.15, 0.2) is 0 Å². The number of hydrogen-bond donors (Lipinski definition) is 0. The summed E-state index contributed by atoms with van der Waals surface area (Å²) in [5.41, 5.74) is 5.17. The van der Waals surface area contributed by atoms with Crippen LogP contribution in [0.1, 0.15) is 69.6 Å². The van der Waals surface area contributed by atoms with Crippen LogP contribution in [-0.2, 0) is 18.3 Å². The topological polar surface area (TPSA) is 0 Å². The Labute approximate surface area is 106 Å². The molecule has 94 valence electrons. The highest BCUT2D eigenvalue weighted by atomic mass is 14.3. The molecule has 0 fully saturated rings. The quantitative estimate of drug-likeness (QED) is 0.622. The highest BCUT2D eigenvalue weighted by Gasteiger charge is 2.29. The van der Waals surface area contributed by atoms with Crippen molar-refractivity contribution >= 4 is 0 Å². The molecule has 0 unspecified atom stereocenters. The van der Waals surface area contributed by atoms with E-state index < -0.39 is 0 Å². The molecule has 0 radical (unpaired) electrons. The lowest BCUT2D eigenvalue weighted by Crippen LogP contribution is -2.12. The molecule has 0 nitrogen and oxygen atoms in total. The van der Waals surface area contributed by atoms with Gasteiger partial charge in [0, 0.05) is 0 Å². The third kappa shape index (κ3) is 2.91. The van der Waals surface area contributed by atoms with E-state index >= 15 is 0 Å². The van der Waals surface area contributed by atoms with Gasteiger partial charge in [-0.3, -0.25) is 0 Å². The van der Waals surface area contributed by atoms with Crippen LogP contribution >= 0.6 is 0 Å². The zero-order valence-electron chi connectivity index (χ0n) is 11.7. The summed E-state index contributed by atoms with van der Waals surface area (Å²) in [5, 5.41) is 0. The van der Waals surface area contributed by atoms with Crippen LogP contribution in [0.2, 0.25) is 0 Å². The van der Waals surface area contributed by atoms with E-state index in [1.165, 1.54) is 44.9 Å². The Morgan fingerprint density at radius 3 is 2.71 bits per heavy atom. The molecule has 0 heteroatoms. The van der Waals surface area contributed by atoms with Crippen LogP contribution in [0.25, 0.3) is 0 Å². The number of rotatable bonds is 5. The Morgan fingerprint density at radius 2 is 1.94 bits per heavy atom. The normalized spacial score (nSPS) is 17.1. The minimum Gasteiger partial charge on any atom is -0.0654 e. The summed E-state index contributed by atoms with van der Waals surface area (Å²) in [4.78, 5) is 0. The molecule has 0 aromatic heterocycles. The molecule has 0 amide bonds. The summed E-state index contributed by atoms with van der Waals surface area (Å²) in [6.45, 7) is 7.05. The highest BCUT2D eigenvalue weighted by Crippen LogP contribution is 2.38. The molecule has 0 saturated carbocycles. The van der Waals surface area contributed by atoms with Gasteiger partial charge in [-0.05, 0) is 47.8 Å². The molecule has 2 rings (SSSR count). The molecule has 0 spiro atoms. The zero-order valence-corrected chi connectivity index (χ0v) is 11.7. The Balaban J connectivity index is 2.01. The van der Waals surface area contributed by atoms with Crippen molar-refractivity contribution in [2.45, 2.75) is 71.1 Å². The van der Waals surface area contributed by atoms with Crippen LogP contribution < -0.4 is 0 Å². The summed E-state index contributed by atoms with van der Waals surface area (Å²) in [7, 11) is 0. The van der Waals surface area contributed by atoms with E-state index in [4.69, 9.17) is 0 Å². The SMILES string of the molecule is CCCCCCc1ccc2c(c1)C(C)(C)CC2. The number of aryl methyl sites for hydroxylation is 2. The lowest BCUT2D eigenvalue weighted by atomic mass is 9.85. The van der Waals surface area contributed by atoms with Crippen molar-refractivity contribution in [1.29, 1.82) is 0 Å². The van der Waals surface area contributed by atoms with Gasteiger partial charge in [-0.2, -0.15) is 0 Å². The maximum Gasteiger partial charge on any atom is -0.00976 e. The van der Waals surface area contributed by atoms with Crippen molar-refractivity contribution in [1.82, 2.24) is 0 Å². The Morgan fingerprint density at radius 1 is 1.12 bits per heavy atom. The number of hydrogen-bond acceptors (Lipinski definition) is 0. The van der Waals surface area contributed by atoms with Gasteiger partial charge in [0.2, 0.25) is 0 Å². The maximum absolute atomic E-state index is 2.48. The fourth-order valence-corrected chi connectivity index (χ4v) is 2.96. The standard InChI is InChI=1S/C17H26/c1-4-5-6-7-8-14-9-10-15-11-12-17(2,3)16(15)13-14/h9-10,13H,4-8,11-12H2,1-3H3. The van der Waals surface area contributed by atoms with E-state index in [0.29, 0.717) is 5.41 Å². The second kappa shape index (κ2) is 5.25. The monoisotopic (exact) mass is 230 g/mol. The summed E-state index contributed by atoms with van der Waals surface area (Å²) in [6.07, 6.45) is 9.32. The van der Waals surface area contributed by atoms with Crippen molar-refractivity contribution in [3.63, 3.8) is 0 Å². The number of fused-ring (bicyclic) bond motifs is 1. The summed E-state index contributed by atoms with van der Waals surface area (Å²) < 4.78 is 0. The minimum atomic E-state index is 0.411. The summed E-state index contributed by atoms with van der Waals surface area (Å²) >= 11 is 0. The van der Waals surface area contributed by atoms with Crippen molar-refractivity contribution in [3.8, 4) is 0 Å². The molecule has 0 saturated heterocycles. The molecular weight excluding hydrogens is 204 g/mol. The smallest absolute Gasteiger partial charge is 0.00976 e. The second-order valence-corrected chi connectivity index (χ2v) is 6.19. The molecule has 0 atom stereocenters. The molecule has 1 aromatic rings. The largest absolute Gasteiger partial charge is 0.0654 e. The van der Waals surface area contributed by atoms with Crippen molar-refractivity contribution < 1.29 is 0 Å². The molecule has 17 heavy (non-hydrogen) atoms. The second-order valence-electron chi connectivity index (χ2n) is 6.19. The van der Waals surface area contributed by atoms with E-state index in [0.717, 1.165) is 0 Å². The maximum atomic E-state index is 2.48. The molecule has 1 aliphatic carbocycles. The lowest BCUT2D eigenvalue weighted by Gasteiger charge is -2.19. The third-order valence-electron chi connectivity index (χ3n) is 4.24. The van der Waals surface area contributed by atoms with E-state index in [9.17, 15) is 0 Å².